The smallest absolute Gasteiger partial charge is 0.236 e. The van der Waals surface area contributed by atoms with Gasteiger partial charge in [0.05, 0.1) is 6.54 Å². The van der Waals surface area contributed by atoms with Crippen LogP contribution in [0.3, 0.4) is 0 Å². The van der Waals surface area contributed by atoms with E-state index in [0.29, 0.717) is 24.5 Å². The van der Waals surface area contributed by atoms with Crippen molar-refractivity contribution in [1.82, 2.24) is 15.1 Å². The van der Waals surface area contributed by atoms with Crippen molar-refractivity contribution in [3.63, 3.8) is 0 Å². The van der Waals surface area contributed by atoms with Crippen LogP contribution in [0.1, 0.15) is 33.1 Å². The number of amides is 1. The van der Waals surface area contributed by atoms with Gasteiger partial charge in [0.15, 0.2) is 0 Å². The fourth-order valence-corrected chi connectivity index (χ4v) is 2.67. The summed E-state index contributed by atoms with van der Waals surface area (Å²) in [6.45, 7) is 8.38. The average molecular weight is 253 g/mol. The monoisotopic (exact) mass is 253 g/mol. The molecule has 1 aliphatic heterocycles. The van der Waals surface area contributed by atoms with Crippen molar-refractivity contribution in [3.8, 4) is 0 Å². The van der Waals surface area contributed by atoms with Crippen LogP contribution in [0.25, 0.3) is 0 Å². The van der Waals surface area contributed by atoms with Crippen molar-refractivity contribution in [2.45, 2.75) is 45.2 Å². The molecule has 18 heavy (non-hydrogen) atoms. The number of hydrogen-bond acceptors (Lipinski definition) is 3. The number of rotatable bonds is 6. The molecule has 4 heteroatoms. The zero-order valence-electron chi connectivity index (χ0n) is 12.0. The molecule has 0 radical (unpaired) electrons. The van der Waals surface area contributed by atoms with Gasteiger partial charge in [-0.1, -0.05) is 0 Å². The molecule has 1 N–H and O–H groups in total. The SMILES string of the molecule is CC(C)N1CCC(CNCC(=O)N(C)C2CC2)C1. The molecular formula is C14H27N3O. The van der Waals surface area contributed by atoms with Crippen LogP contribution in [-0.4, -0.2) is 61.0 Å². The molecule has 0 aromatic rings. The fourth-order valence-electron chi connectivity index (χ4n) is 2.67. The predicted molar refractivity (Wildman–Crippen MR) is 73.5 cm³/mol. The van der Waals surface area contributed by atoms with Gasteiger partial charge in [-0.05, 0) is 52.1 Å². The Morgan fingerprint density at radius 3 is 2.67 bits per heavy atom. The summed E-state index contributed by atoms with van der Waals surface area (Å²) in [4.78, 5) is 16.2. The Labute approximate surface area is 111 Å². The zero-order valence-corrected chi connectivity index (χ0v) is 12.0. The maximum atomic E-state index is 11.8. The summed E-state index contributed by atoms with van der Waals surface area (Å²) >= 11 is 0. The van der Waals surface area contributed by atoms with E-state index in [9.17, 15) is 4.79 Å². The van der Waals surface area contributed by atoms with Crippen molar-refractivity contribution < 1.29 is 4.79 Å². The van der Waals surface area contributed by atoms with Crippen LogP contribution in [0, 0.1) is 5.92 Å². The van der Waals surface area contributed by atoms with Crippen molar-refractivity contribution in [2.75, 3.05) is 33.2 Å². The molecule has 0 bridgehead atoms. The van der Waals surface area contributed by atoms with Gasteiger partial charge in [-0.2, -0.15) is 0 Å². The third-order valence-corrected chi connectivity index (χ3v) is 4.24. The second-order valence-electron chi connectivity index (χ2n) is 6.11. The van der Waals surface area contributed by atoms with E-state index >= 15 is 0 Å². The fraction of sp³-hybridized carbons (Fsp3) is 0.929. The lowest BCUT2D eigenvalue weighted by Crippen LogP contribution is -2.39. The Morgan fingerprint density at radius 1 is 1.39 bits per heavy atom. The van der Waals surface area contributed by atoms with E-state index in [4.69, 9.17) is 0 Å². The summed E-state index contributed by atoms with van der Waals surface area (Å²) < 4.78 is 0. The van der Waals surface area contributed by atoms with E-state index in [1.54, 1.807) is 0 Å². The van der Waals surface area contributed by atoms with Crippen molar-refractivity contribution >= 4 is 5.91 Å². The molecule has 104 valence electrons. The highest BCUT2D eigenvalue weighted by atomic mass is 16.2. The minimum Gasteiger partial charge on any atom is -0.342 e. The summed E-state index contributed by atoms with van der Waals surface area (Å²) in [5.74, 6) is 0.961. The standard InChI is InChI=1S/C14H27N3O/c1-11(2)17-7-6-12(10-17)8-15-9-14(18)16(3)13-4-5-13/h11-13,15H,4-10H2,1-3H3. The molecule has 0 aromatic heterocycles. The normalized spacial score (nSPS) is 24.8. The lowest BCUT2D eigenvalue weighted by molar-refractivity contribution is -0.129. The molecule has 1 atom stereocenters. The number of carbonyl (C=O) groups excluding carboxylic acids is 1. The quantitative estimate of drug-likeness (QED) is 0.765. The summed E-state index contributed by atoms with van der Waals surface area (Å²) in [7, 11) is 1.93. The van der Waals surface area contributed by atoms with Gasteiger partial charge in [0.2, 0.25) is 5.91 Å². The lowest BCUT2D eigenvalue weighted by Gasteiger charge is -2.20. The zero-order chi connectivity index (χ0) is 13.1. The van der Waals surface area contributed by atoms with Gasteiger partial charge in [-0.3, -0.25) is 4.79 Å². The van der Waals surface area contributed by atoms with Crippen LogP contribution in [-0.2, 0) is 4.79 Å². The van der Waals surface area contributed by atoms with E-state index in [1.165, 1.54) is 32.4 Å². The van der Waals surface area contributed by atoms with Crippen LogP contribution in [0.5, 0.6) is 0 Å². The van der Waals surface area contributed by atoms with E-state index < -0.39 is 0 Å². The molecule has 1 heterocycles. The molecule has 1 saturated heterocycles. The first-order valence-electron chi connectivity index (χ1n) is 7.28. The van der Waals surface area contributed by atoms with Crippen LogP contribution in [0.2, 0.25) is 0 Å². The predicted octanol–water partition coefficient (Wildman–Crippen LogP) is 0.927. The summed E-state index contributed by atoms with van der Waals surface area (Å²) in [6, 6.07) is 1.18. The van der Waals surface area contributed by atoms with E-state index in [-0.39, 0.29) is 5.91 Å². The Morgan fingerprint density at radius 2 is 2.11 bits per heavy atom. The maximum absolute atomic E-state index is 11.8. The molecule has 0 aromatic carbocycles. The van der Waals surface area contributed by atoms with Gasteiger partial charge in [0.1, 0.15) is 0 Å². The largest absolute Gasteiger partial charge is 0.342 e. The molecule has 4 nitrogen and oxygen atoms in total. The van der Waals surface area contributed by atoms with Crippen LogP contribution >= 0.6 is 0 Å². The molecule has 0 spiro atoms. The number of likely N-dealkylation sites (tertiary alicyclic amines) is 1. The van der Waals surface area contributed by atoms with Crippen molar-refractivity contribution in [3.05, 3.63) is 0 Å². The van der Waals surface area contributed by atoms with Gasteiger partial charge >= 0.3 is 0 Å². The summed E-state index contributed by atoms with van der Waals surface area (Å²) in [6.07, 6.45) is 3.64. The number of nitrogens with one attached hydrogen (secondary N) is 1. The molecule has 2 fully saturated rings. The Balaban J connectivity index is 1.59. The van der Waals surface area contributed by atoms with Crippen molar-refractivity contribution in [2.24, 2.45) is 5.92 Å². The first-order chi connectivity index (χ1) is 8.58. The van der Waals surface area contributed by atoms with Crippen LogP contribution < -0.4 is 5.32 Å². The van der Waals surface area contributed by atoms with Gasteiger partial charge in [-0.15, -0.1) is 0 Å². The Bertz CT molecular complexity index is 289. The second kappa shape index (κ2) is 6.02. The maximum Gasteiger partial charge on any atom is 0.236 e. The average Bonchev–Trinajstić information content (AvgIpc) is 3.07. The van der Waals surface area contributed by atoms with Gasteiger partial charge < -0.3 is 15.1 Å². The highest BCUT2D eigenvalue weighted by Gasteiger charge is 2.29. The van der Waals surface area contributed by atoms with Gasteiger partial charge in [0.25, 0.3) is 0 Å². The first kappa shape index (κ1) is 13.8. The van der Waals surface area contributed by atoms with Crippen LogP contribution in [0.4, 0.5) is 0 Å². The first-order valence-corrected chi connectivity index (χ1v) is 7.28. The topological polar surface area (TPSA) is 35.6 Å². The third-order valence-electron chi connectivity index (χ3n) is 4.24. The van der Waals surface area contributed by atoms with Gasteiger partial charge in [-0.25, -0.2) is 0 Å². The molecule has 2 aliphatic rings. The highest BCUT2D eigenvalue weighted by molar-refractivity contribution is 5.78. The minimum atomic E-state index is 0.246. The number of hydrogen-bond donors (Lipinski definition) is 1. The molecular weight excluding hydrogens is 226 g/mol. The number of likely N-dealkylation sites (N-methyl/N-ethyl adjacent to an activating group) is 1. The van der Waals surface area contributed by atoms with Crippen molar-refractivity contribution in [1.29, 1.82) is 0 Å². The Kier molecular flexibility index (Phi) is 4.62. The summed E-state index contributed by atoms with van der Waals surface area (Å²) in [5.41, 5.74) is 0. The molecule has 1 unspecified atom stereocenters. The second-order valence-corrected chi connectivity index (χ2v) is 6.11. The molecule has 1 aliphatic carbocycles. The van der Waals surface area contributed by atoms with Gasteiger partial charge in [0, 0.05) is 25.7 Å². The molecule has 2 rings (SSSR count). The highest BCUT2D eigenvalue weighted by Crippen LogP contribution is 2.25. The van der Waals surface area contributed by atoms with Crippen LogP contribution in [0.15, 0.2) is 0 Å². The molecule has 1 saturated carbocycles. The van der Waals surface area contributed by atoms with E-state index in [2.05, 4.69) is 24.1 Å². The molecule has 1 amide bonds. The summed E-state index contributed by atoms with van der Waals surface area (Å²) in [5, 5.41) is 3.33. The van der Waals surface area contributed by atoms with E-state index in [1.807, 2.05) is 11.9 Å². The third kappa shape index (κ3) is 3.69. The number of carbonyl (C=O) groups is 1. The van der Waals surface area contributed by atoms with E-state index in [0.717, 1.165) is 6.54 Å². The Hall–Kier alpha value is -0.610. The lowest BCUT2D eigenvalue weighted by atomic mass is 10.1. The minimum absolute atomic E-state index is 0.246. The number of nitrogens with zero attached hydrogens (tertiary/aromatic N) is 2.